The van der Waals surface area contributed by atoms with Crippen LogP contribution in [0.3, 0.4) is 0 Å². The van der Waals surface area contributed by atoms with Crippen molar-refractivity contribution in [1.29, 1.82) is 0 Å². The van der Waals surface area contributed by atoms with Gasteiger partial charge in [-0.05, 0) is 19.9 Å². The van der Waals surface area contributed by atoms with Gasteiger partial charge in [0, 0.05) is 11.9 Å². The Bertz CT molecular complexity index is 472. The molecule has 0 aliphatic heterocycles. The Labute approximate surface area is 116 Å². The predicted octanol–water partition coefficient (Wildman–Crippen LogP) is 1.69. The molecule has 0 saturated heterocycles. The van der Waals surface area contributed by atoms with Crippen LogP contribution in [0.1, 0.15) is 12.6 Å². The Balaban J connectivity index is 3.21. The van der Waals surface area contributed by atoms with E-state index in [0.29, 0.717) is 5.69 Å². The number of aromatic nitrogens is 1. The van der Waals surface area contributed by atoms with E-state index in [-0.39, 0.29) is 17.3 Å². The lowest BCUT2D eigenvalue weighted by Gasteiger charge is -2.20. The van der Waals surface area contributed by atoms with E-state index in [1.165, 1.54) is 13.3 Å². The van der Waals surface area contributed by atoms with Crippen molar-refractivity contribution < 1.29 is 16.8 Å². The maximum Gasteiger partial charge on any atom is 0.278 e. The highest BCUT2D eigenvalue weighted by Crippen LogP contribution is 2.28. The Morgan fingerprint density at radius 3 is 2.67 bits per heavy atom. The van der Waals surface area contributed by atoms with Crippen LogP contribution in [-0.4, -0.2) is 27.1 Å². The minimum absolute atomic E-state index is 0.200. The van der Waals surface area contributed by atoms with Crippen LogP contribution >= 0.6 is 11.6 Å². The predicted molar refractivity (Wildman–Crippen MR) is 71.4 cm³/mol. The molecule has 0 spiro atoms. The zero-order valence-corrected chi connectivity index (χ0v) is 12.5. The summed E-state index contributed by atoms with van der Waals surface area (Å²) in [6.45, 7) is 3.61. The molecule has 0 amide bonds. The number of anilines is 1. The lowest BCUT2D eigenvalue weighted by Crippen LogP contribution is -2.30. The first-order chi connectivity index (χ1) is 8.51. The molecule has 9 heteroatoms. The highest BCUT2D eigenvalue weighted by atomic mass is 35.5. The zero-order chi connectivity index (χ0) is 13.7. The number of hydrogen-bond donors (Lipinski definition) is 0. The molecule has 0 aliphatic rings. The van der Waals surface area contributed by atoms with Gasteiger partial charge in [0.1, 0.15) is 0 Å². The standard InChI is InChI=1S/C9H13ClN2O4S2/c1-4-16-18(14)12(17(13)15-3)9-5-7(2)11-6-8(9)10/h5-6H,4H2,1-3H3. The van der Waals surface area contributed by atoms with E-state index < -0.39 is 22.5 Å². The molecule has 18 heavy (non-hydrogen) atoms. The second kappa shape index (κ2) is 7.15. The Hall–Kier alpha value is -0.540. The van der Waals surface area contributed by atoms with E-state index in [9.17, 15) is 8.42 Å². The third-order valence-corrected chi connectivity index (χ3v) is 4.48. The van der Waals surface area contributed by atoms with Gasteiger partial charge in [-0.15, -0.1) is 0 Å². The monoisotopic (exact) mass is 312 g/mol. The van der Waals surface area contributed by atoms with E-state index in [2.05, 4.69) is 9.17 Å². The van der Waals surface area contributed by atoms with E-state index in [1.54, 1.807) is 19.9 Å². The van der Waals surface area contributed by atoms with Crippen molar-refractivity contribution >= 4 is 39.8 Å². The molecule has 1 heterocycles. The molecule has 0 bridgehead atoms. The fourth-order valence-corrected chi connectivity index (χ4v) is 3.15. The Morgan fingerprint density at radius 2 is 2.11 bits per heavy atom. The van der Waals surface area contributed by atoms with Crippen molar-refractivity contribution in [2.24, 2.45) is 0 Å². The van der Waals surface area contributed by atoms with Crippen LogP contribution in [-0.2, 0) is 30.9 Å². The summed E-state index contributed by atoms with van der Waals surface area (Å²) >= 11 is 2.02. The lowest BCUT2D eigenvalue weighted by atomic mass is 10.3. The molecule has 0 N–H and O–H groups in total. The molecule has 0 saturated carbocycles. The maximum atomic E-state index is 11.9. The van der Waals surface area contributed by atoms with Gasteiger partial charge in [0.2, 0.25) is 0 Å². The fraction of sp³-hybridized carbons (Fsp3) is 0.444. The smallest absolute Gasteiger partial charge is 0.276 e. The molecule has 1 aromatic rings. The third-order valence-electron chi connectivity index (χ3n) is 1.80. The van der Waals surface area contributed by atoms with Gasteiger partial charge in [0.05, 0.1) is 24.4 Å². The van der Waals surface area contributed by atoms with Gasteiger partial charge >= 0.3 is 0 Å². The average molecular weight is 313 g/mol. The summed E-state index contributed by atoms with van der Waals surface area (Å²) in [6, 6.07) is 1.55. The number of pyridine rings is 1. The van der Waals surface area contributed by atoms with Crippen LogP contribution in [0, 0.1) is 6.92 Å². The van der Waals surface area contributed by atoms with E-state index in [4.69, 9.17) is 15.8 Å². The highest BCUT2D eigenvalue weighted by Gasteiger charge is 2.25. The molecule has 2 unspecified atom stereocenters. The van der Waals surface area contributed by atoms with Crippen LogP contribution in [0.15, 0.2) is 12.3 Å². The van der Waals surface area contributed by atoms with Gasteiger partial charge in [-0.1, -0.05) is 11.6 Å². The van der Waals surface area contributed by atoms with Gasteiger partial charge in [0.15, 0.2) is 0 Å². The van der Waals surface area contributed by atoms with E-state index in [1.807, 2.05) is 0 Å². The van der Waals surface area contributed by atoms with Crippen molar-refractivity contribution in [3.8, 4) is 0 Å². The van der Waals surface area contributed by atoms with Crippen LogP contribution in [0.25, 0.3) is 0 Å². The number of nitrogens with zero attached hydrogens (tertiary/aromatic N) is 2. The summed E-state index contributed by atoms with van der Waals surface area (Å²) in [7, 11) is 1.23. The molecule has 0 aliphatic carbocycles. The minimum Gasteiger partial charge on any atom is -0.276 e. The van der Waals surface area contributed by atoms with Crippen LogP contribution in [0.5, 0.6) is 0 Å². The van der Waals surface area contributed by atoms with Crippen LogP contribution in [0.4, 0.5) is 5.69 Å². The van der Waals surface area contributed by atoms with E-state index in [0.717, 1.165) is 3.71 Å². The number of aryl methyl sites for hydroxylation is 1. The second-order valence-electron chi connectivity index (χ2n) is 3.04. The quantitative estimate of drug-likeness (QED) is 0.799. The summed E-state index contributed by atoms with van der Waals surface area (Å²) < 4.78 is 34.2. The molecule has 0 radical (unpaired) electrons. The van der Waals surface area contributed by atoms with Crippen molar-refractivity contribution in [3.63, 3.8) is 0 Å². The third kappa shape index (κ3) is 3.72. The molecule has 0 aromatic carbocycles. The molecule has 102 valence electrons. The summed E-state index contributed by atoms with van der Waals surface area (Å²) in [4.78, 5) is 3.97. The van der Waals surface area contributed by atoms with E-state index >= 15 is 0 Å². The number of halogens is 1. The first-order valence-electron chi connectivity index (χ1n) is 4.95. The molecular weight excluding hydrogens is 300 g/mol. The molecular formula is C9H13ClN2O4S2. The van der Waals surface area contributed by atoms with Gasteiger partial charge in [-0.3, -0.25) is 13.4 Å². The molecule has 0 fully saturated rings. The molecule has 1 aromatic heterocycles. The summed E-state index contributed by atoms with van der Waals surface area (Å²) in [5.41, 5.74) is 0.914. The molecule has 6 nitrogen and oxygen atoms in total. The molecule has 2 atom stereocenters. The zero-order valence-electron chi connectivity index (χ0n) is 10.1. The topological polar surface area (TPSA) is 68.7 Å². The summed E-state index contributed by atoms with van der Waals surface area (Å²) in [5, 5.41) is 0.207. The second-order valence-corrected chi connectivity index (χ2v) is 5.85. The fourth-order valence-electron chi connectivity index (χ4n) is 1.10. The van der Waals surface area contributed by atoms with Crippen molar-refractivity contribution in [2.75, 3.05) is 17.4 Å². The maximum absolute atomic E-state index is 11.9. The van der Waals surface area contributed by atoms with Gasteiger partial charge in [-0.2, -0.15) is 3.71 Å². The Morgan fingerprint density at radius 1 is 1.44 bits per heavy atom. The van der Waals surface area contributed by atoms with Crippen molar-refractivity contribution in [1.82, 2.24) is 4.98 Å². The minimum atomic E-state index is -1.97. The van der Waals surface area contributed by atoms with Gasteiger partial charge in [-0.25, -0.2) is 8.42 Å². The van der Waals surface area contributed by atoms with Crippen LogP contribution < -0.4 is 3.71 Å². The molecule has 1 rings (SSSR count). The summed E-state index contributed by atoms with van der Waals surface area (Å²) in [6.07, 6.45) is 1.38. The highest BCUT2D eigenvalue weighted by molar-refractivity contribution is 7.99. The van der Waals surface area contributed by atoms with Crippen molar-refractivity contribution in [2.45, 2.75) is 13.8 Å². The average Bonchev–Trinajstić information content (AvgIpc) is 2.34. The first kappa shape index (κ1) is 15.5. The summed E-state index contributed by atoms with van der Waals surface area (Å²) in [5.74, 6) is 0. The first-order valence-corrected chi connectivity index (χ1v) is 7.39. The number of hydrogen-bond acceptors (Lipinski definition) is 5. The van der Waals surface area contributed by atoms with Crippen LogP contribution in [0.2, 0.25) is 5.02 Å². The normalized spacial score (nSPS) is 14.2. The lowest BCUT2D eigenvalue weighted by molar-refractivity contribution is 0.371. The van der Waals surface area contributed by atoms with Gasteiger partial charge in [0.25, 0.3) is 22.5 Å². The van der Waals surface area contributed by atoms with Gasteiger partial charge < -0.3 is 0 Å². The largest absolute Gasteiger partial charge is 0.278 e. The van der Waals surface area contributed by atoms with Crippen molar-refractivity contribution in [3.05, 3.63) is 23.0 Å². The Kier molecular flexibility index (Phi) is 6.16. The number of rotatable bonds is 6. The SMILES string of the molecule is CCOS(=O)N(c1cc(C)ncc1Cl)S(=O)OC.